The summed E-state index contributed by atoms with van der Waals surface area (Å²) in [4.78, 5) is 40.4. The van der Waals surface area contributed by atoms with Crippen molar-refractivity contribution in [1.82, 2.24) is 30.1 Å². The number of aliphatic hydroxyl groups is 1. The van der Waals surface area contributed by atoms with Gasteiger partial charge in [0.2, 0.25) is 5.91 Å². The van der Waals surface area contributed by atoms with Gasteiger partial charge in [-0.2, -0.15) is 0 Å². The van der Waals surface area contributed by atoms with Gasteiger partial charge in [0.05, 0.1) is 11.8 Å². The minimum absolute atomic E-state index is 0.0423. The molecule has 2 amide bonds. The number of likely N-dealkylation sites (tertiary alicyclic amines) is 1. The van der Waals surface area contributed by atoms with Crippen LogP contribution in [0.2, 0.25) is 0 Å². The van der Waals surface area contributed by atoms with Crippen LogP contribution in [0.25, 0.3) is 0 Å². The molecular weight excluding hydrogens is 545 g/mol. The summed E-state index contributed by atoms with van der Waals surface area (Å²) in [6, 6.07) is 4.94. The zero-order chi connectivity index (χ0) is 29.6. The number of piperidine rings is 1. The first-order valence-corrected chi connectivity index (χ1v) is 14.1. The number of hydrogen-bond acceptors (Lipinski definition) is 10. The first-order chi connectivity index (χ1) is 20.2. The number of hydrogen-bond donors (Lipinski definition) is 3. The number of benzene rings is 1. The van der Waals surface area contributed by atoms with E-state index < -0.39 is 17.8 Å². The van der Waals surface area contributed by atoms with E-state index in [0.717, 1.165) is 24.0 Å². The van der Waals surface area contributed by atoms with Crippen LogP contribution < -0.4 is 15.4 Å². The van der Waals surface area contributed by atoms with Crippen molar-refractivity contribution in [2.24, 2.45) is 0 Å². The lowest BCUT2D eigenvalue weighted by Gasteiger charge is -2.31. The van der Waals surface area contributed by atoms with E-state index in [-0.39, 0.29) is 36.5 Å². The number of nitrogens with zero attached hydrogens (tertiary/aromatic N) is 5. The van der Waals surface area contributed by atoms with Crippen molar-refractivity contribution in [2.75, 3.05) is 38.0 Å². The Balaban J connectivity index is 1.08. The van der Waals surface area contributed by atoms with E-state index in [0.29, 0.717) is 56.4 Å². The predicted molar refractivity (Wildman–Crippen MR) is 150 cm³/mol. The number of carbonyl (C=O) groups is 2. The molecule has 3 aromatic rings. The fraction of sp³-hybridized carbons (Fsp3) is 0.483. The summed E-state index contributed by atoms with van der Waals surface area (Å²) >= 11 is 0. The van der Waals surface area contributed by atoms with Crippen LogP contribution in [0, 0.1) is 12.7 Å². The Kier molecular flexibility index (Phi) is 9.28. The SMILES string of the molecule is CC(=O)N1CCC(Nc2cc(C(=O)NCC(O)CN3CCc4cc(OCc5ocnc5C)c(F)cc4C3)ncn2)CC1. The minimum Gasteiger partial charge on any atom is -0.482 e. The van der Waals surface area contributed by atoms with E-state index in [9.17, 15) is 19.1 Å². The highest BCUT2D eigenvalue weighted by Gasteiger charge is 2.23. The van der Waals surface area contributed by atoms with E-state index in [1.54, 1.807) is 26.0 Å². The maximum Gasteiger partial charge on any atom is 0.270 e. The van der Waals surface area contributed by atoms with Crippen molar-refractivity contribution in [3.05, 3.63) is 65.0 Å². The monoisotopic (exact) mass is 581 g/mol. The highest BCUT2D eigenvalue weighted by molar-refractivity contribution is 5.92. The highest BCUT2D eigenvalue weighted by Crippen LogP contribution is 2.28. The molecule has 13 heteroatoms. The lowest BCUT2D eigenvalue weighted by atomic mass is 9.99. The van der Waals surface area contributed by atoms with Crippen LogP contribution in [0.15, 0.2) is 35.3 Å². The average Bonchev–Trinajstić information content (AvgIpc) is 3.39. The Hall–Kier alpha value is -4.10. The quantitative estimate of drug-likeness (QED) is 0.325. The van der Waals surface area contributed by atoms with Gasteiger partial charge >= 0.3 is 0 Å². The Morgan fingerprint density at radius 1 is 1.17 bits per heavy atom. The average molecular weight is 582 g/mol. The van der Waals surface area contributed by atoms with Crippen LogP contribution >= 0.6 is 0 Å². The number of oxazole rings is 1. The molecule has 4 heterocycles. The van der Waals surface area contributed by atoms with Gasteiger partial charge in [-0.25, -0.2) is 19.3 Å². The van der Waals surface area contributed by atoms with Gasteiger partial charge in [0.1, 0.15) is 24.4 Å². The number of nitrogens with one attached hydrogen (secondary N) is 2. The number of halogens is 1. The third-order valence-corrected chi connectivity index (χ3v) is 7.71. The third kappa shape index (κ3) is 7.39. The second-order valence-electron chi connectivity index (χ2n) is 10.8. The molecule has 12 nitrogen and oxygen atoms in total. The van der Waals surface area contributed by atoms with Crippen molar-refractivity contribution in [1.29, 1.82) is 0 Å². The number of ether oxygens (including phenoxy) is 1. The van der Waals surface area contributed by atoms with Gasteiger partial charge in [-0.15, -0.1) is 0 Å². The molecule has 1 fully saturated rings. The summed E-state index contributed by atoms with van der Waals surface area (Å²) in [6.07, 6.45) is 4.11. The lowest BCUT2D eigenvalue weighted by molar-refractivity contribution is -0.129. The van der Waals surface area contributed by atoms with Crippen LogP contribution in [0.1, 0.15) is 52.8 Å². The van der Waals surface area contributed by atoms with Crippen LogP contribution in [-0.2, 0) is 24.4 Å². The number of carbonyl (C=O) groups excluding carboxylic acids is 2. The van der Waals surface area contributed by atoms with Crippen molar-refractivity contribution in [3.63, 3.8) is 0 Å². The van der Waals surface area contributed by atoms with Crippen LogP contribution in [-0.4, -0.2) is 86.5 Å². The molecule has 2 aliphatic heterocycles. The Morgan fingerprint density at radius 3 is 2.71 bits per heavy atom. The number of β-amino-alcohol motifs (C(OH)–C–C–N with tert-alkyl or cyclic N) is 1. The van der Waals surface area contributed by atoms with Gasteiger partial charge in [0.15, 0.2) is 23.7 Å². The topological polar surface area (TPSA) is 146 Å². The zero-order valence-electron chi connectivity index (χ0n) is 23.8. The molecule has 1 saturated heterocycles. The molecule has 1 aromatic carbocycles. The van der Waals surface area contributed by atoms with Gasteiger partial charge in [-0.1, -0.05) is 0 Å². The van der Waals surface area contributed by atoms with E-state index in [1.165, 1.54) is 18.8 Å². The number of fused-ring (bicyclic) bond motifs is 1. The first kappa shape index (κ1) is 29.4. The summed E-state index contributed by atoms with van der Waals surface area (Å²) in [5.41, 5.74) is 2.74. The Bertz CT molecular complexity index is 1410. The Morgan fingerprint density at radius 2 is 1.98 bits per heavy atom. The number of aryl methyl sites for hydroxylation is 1. The van der Waals surface area contributed by atoms with Crippen LogP contribution in [0.3, 0.4) is 0 Å². The molecular formula is C29H36FN7O5. The summed E-state index contributed by atoms with van der Waals surface area (Å²) in [5, 5.41) is 16.7. The molecule has 42 heavy (non-hydrogen) atoms. The third-order valence-electron chi connectivity index (χ3n) is 7.71. The minimum atomic E-state index is -0.820. The van der Waals surface area contributed by atoms with Crippen molar-refractivity contribution < 1.29 is 28.2 Å². The van der Waals surface area contributed by atoms with E-state index in [2.05, 4.69) is 25.6 Å². The van der Waals surface area contributed by atoms with Gasteiger partial charge in [0, 0.05) is 58.3 Å². The van der Waals surface area contributed by atoms with Gasteiger partial charge in [0.25, 0.3) is 5.91 Å². The number of rotatable bonds is 10. The maximum atomic E-state index is 14.8. The molecule has 2 aliphatic rings. The van der Waals surface area contributed by atoms with E-state index >= 15 is 0 Å². The van der Waals surface area contributed by atoms with Crippen LogP contribution in [0.5, 0.6) is 5.75 Å². The summed E-state index contributed by atoms with van der Waals surface area (Å²) < 4.78 is 25.7. The lowest BCUT2D eigenvalue weighted by Crippen LogP contribution is -2.42. The molecule has 1 atom stereocenters. The maximum absolute atomic E-state index is 14.8. The second-order valence-corrected chi connectivity index (χ2v) is 10.8. The normalized spacial score (nSPS) is 16.5. The number of amides is 2. The molecule has 0 saturated carbocycles. The smallest absolute Gasteiger partial charge is 0.270 e. The van der Waals surface area contributed by atoms with E-state index in [4.69, 9.17) is 9.15 Å². The fourth-order valence-electron chi connectivity index (χ4n) is 5.26. The molecule has 3 N–H and O–H groups in total. The molecule has 1 unspecified atom stereocenters. The van der Waals surface area contributed by atoms with E-state index in [1.807, 2.05) is 9.80 Å². The van der Waals surface area contributed by atoms with Crippen molar-refractivity contribution >= 4 is 17.6 Å². The first-order valence-electron chi connectivity index (χ1n) is 14.1. The largest absolute Gasteiger partial charge is 0.482 e. The molecule has 0 spiro atoms. The summed E-state index contributed by atoms with van der Waals surface area (Å²) in [6.45, 7) is 6.35. The van der Waals surface area contributed by atoms with Crippen molar-refractivity contribution in [3.8, 4) is 5.75 Å². The molecule has 224 valence electrons. The van der Waals surface area contributed by atoms with Gasteiger partial charge in [-0.05, 0) is 49.4 Å². The van der Waals surface area contributed by atoms with Gasteiger partial charge in [-0.3, -0.25) is 14.5 Å². The second kappa shape index (κ2) is 13.3. The van der Waals surface area contributed by atoms with Crippen LogP contribution in [0.4, 0.5) is 10.2 Å². The standard InChI is InChI=1S/C29H36FN7O5/c1-18-27(42-17-34-18)15-41-26-10-20-3-6-36(13-21(20)9-24(26)30)14-23(39)12-31-29(40)25-11-28(33-16-32-25)35-22-4-7-37(8-5-22)19(2)38/h9-11,16-17,22-23,39H,3-8,12-15H2,1-2H3,(H,31,40)(H,32,33,35). The van der Waals surface area contributed by atoms with Crippen molar-refractivity contribution in [2.45, 2.75) is 58.4 Å². The number of anilines is 1. The summed E-state index contributed by atoms with van der Waals surface area (Å²) in [5.74, 6) is 0.468. The molecule has 2 aromatic heterocycles. The zero-order valence-corrected chi connectivity index (χ0v) is 23.8. The number of aromatic nitrogens is 3. The molecule has 0 radical (unpaired) electrons. The molecule has 5 rings (SSSR count). The molecule has 0 aliphatic carbocycles. The summed E-state index contributed by atoms with van der Waals surface area (Å²) in [7, 11) is 0. The Labute approximate surface area is 243 Å². The van der Waals surface area contributed by atoms with Gasteiger partial charge < -0.3 is 29.8 Å². The number of aliphatic hydroxyl groups excluding tert-OH is 1. The fourth-order valence-corrected chi connectivity index (χ4v) is 5.26. The predicted octanol–water partition coefficient (Wildman–Crippen LogP) is 2.06. The molecule has 0 bridgehead atoms. The highest BCUT2D eigenvalue weighted by atomic mass is 19.1.